The molecule has 124 valence electrons. The molecule has 0 saturated carbocycles. The fourth-order valence-electron chi connectivity index (χ4n) is 2.57. The number of rotatable bonds is 6. The second kappa shape index (κ2) is 7.12. The Kier molecular flexibility index (Phi) is 4.74. The van der Waals surface area contributed by atoms with Crippen molar-refractivity contribution in [2.75, 3.05) is 0 Å². The Bertz CT molecular complexity index is 816. The SMILES string of the molecule is CCCc1cc(C(=O)NCc2ccc(-n3ccnc3C)cc2)n[nH]1. The van der Waals surface area contributed by atoms with Gasteiger partial charge in [0, 0.05) is 30.3 Å². The van der Waals surface area contributed by atoms with Crippen LogP contribution in [0.25, 0.3) is 5.69 Å². The van der Waals surface area contributed by atoms with E-state index >= 15 is 0 Å². The monoisotopic (exact) mass is 323 g/mol. The Balaban J connectivity index is 1.60. The van der Waals surface area contributed by atoms with Gasteiger partial charge in [-0.1, -0.05) is 25.5 Å². The molecule has 3 aromatic rings. The third-order valence-electron chi connectivity index (χ3n) is 3.88. The average Bonchev–Trinajstić information content (AvgIpc) is 3.23. The van der Waals surface area contributed by atoms with Crippen LogP contribution in [0.4, 0.5) is 0 Å². The maximum atomic E-state index is 12.1. The first kappa shape index (κ1) is 16.0. The van der Waals surface area contributed by atoms with E-state index in [-0.39, 0.29) is 5.91 Å². The third-order valence-corrected chi connectivity index (χ3v) is 3.88. The number of aromatic amines is 1. The summed E-state index contributed by atoms with van der Waals surface area (Å²) in [5.41, 5.74) is 3.51. The van der Waals surface area contributed by atoms with Crippen LogP contribution in [0.2, 0.25) is 0 Å². The smallest absolute Gasteiger partial charge is 0.272 e. The van der Waals surface area contributed by atoms with Crippen LogP contribution < -0.4 is 5.32 Å². The molecular weight excluding hydrogens is 302 g/mol. The van der Waals surface area contributed by atoms with Gasteiger partial charge in [0.2, 0.25) is 0 Å². The van der Waals surface area contributed by atoms with E-state index in [1.807, 2.05) is 48.0 Å². The topological polar surface area (TPSA) is 75.6 Å². The van der Waals surface area contributed by atoms with E-state index in [0.29, 0.717) is 12.2 Å². The summed E-state index contributed by atoms with van der Waals surface area (Å²) in [6.45, 7) is 4.53. The van der Waals surface area contributed by atoms with Crippen molar-refractivity contribution >= 4 is 5.91 Å². The second-order valence-corrected chi connectivity index (χ2v) is 5.72. The molecule has 0 saturated heterocycles. The summed E-state index contributed by atoms with van der Waals surface area (Å²) >= 11 is 0. The van der Waals surface area contributed by atoms with E-state index in [4.69, 9.17) is 0 Å². The number of carbonyl (C=O) groups is 1. The van der Waals surface area contributed by atoms with Crippen molar-refractivity contribution in [2.24, 2.45) is 0 Å². The van der Waals surface area contributed by atoms with E-state index in [1.165, 1.54) is 0 Å². The van der Waals surface area contributed by atoms with Crippen molar-refractivity contribution in [3.8, 4) is 5.69 Å². The fraction of sp³-hybridized carbons (Fsp3) is 0.278. The summed E-state index contributed by atoms with van der Waals surface area (Å²) in [5.74, 6) is 0.778. The largest absolute Gasteiger partial charge is 0.347 e. The Labute approximate surface area is 140 Å². The van der Waals surface area contributed by atoms with Crippen LogP contribution in [0.1, 0.15) is 40.9 Å². The molecule has 1 amide bonds. The number of amides is 1. The van der Waals surface area contributed by atoms with Gasteiger partial charge >= 0.3 is 0 Å². The minimum atomic E-state index is -0.164. The zero-order valence-electron chi connectivity index (χ0n) is 13.9. The Morgan fingerprint density at radius 3 is 2.75 bits per heavy atom. The fourth-order valence-corrected chi connectivity index (χ4v) is 2.57. The van der Waals surface area contributed by atoms with Gasteiger partial charge in [0.05, 0.1) is 0 Å². The summed E-state index contributed by atoms with van der Waals surface area (Å²) in [5, 5.41) is 9.85. The number of aromatic nitrogens is 4. The maximum absolute atomic E-state index is 12.1. The molecule has 2 N–H and O–H groups in total. The molecule has 0 spiro atoms. The molecule has 0 bridgehead atoms. The molecule has 1 aromatic carbocycles. The van der Waals surface area contributed by atoms with Gasteiger partial charge in [0.1, 0.15) is 11.5 Å². The number of nitrogens with one attached hydrogen (secondary N) is 2. The minimum absolute atomic E-state index is 0.164. The molecule has 3 rings (SSSR count). The summed E-state index contributed by atoms with van der Waals surface area (Å²) in [7, 11) is 0. The van der Waals surface area contributed by atoms with Gasteiger partial charge in [0.15, 0.2) is 0 Å². The molecule has 0 aliphatic carbocycles. The van der Waals surface area contributed by atoms with Gasteiger partial charge in [-0.3, -0.25) is 9.89 Å². The van der Waals surface area contributed by atoms with Crippen molar-refractivity contribution in [1.29, 1.82) is 0 Å². The molecule has 0 aliphatic heterocycles. The number of benzene rings is 1. The van der Waals surface area contributed by atoms with Crippen molar-refractivity contribution < 1.29 is 4.79 Å². The van der Waals surface area contributed by atoms with E-state index in [9.17, 15) is 4.79 Å². The summed E-state index contributed by atoms with van der Waals surface area (Å²) in [6, 6.07) is 9.85. The summed E-state index contributed by atoms with van der Waals surface area (Å²) in [4.78, 5) is 16.3. The van der Waals surface area contributed by atoms with Crippen LogP contribution in [-0.2, 0) is 13.0 Å². The molecular formula is C18H21N5O. The van der Waals surface area contributed by atoms with Gasteiger partial charge in [-0.2, -0.15) is 5.10 Å². The predicted molar refractivity (Wildman–Crippen MR) is 92.1 cm³/mol. The lowest BCUT2D eigenvalue weighted by Gasteiger charge is -2.07. The van der Waals surface area contributed by atoms with E-state index in [2.05, 4.69) is 27.4 Å². The average molecular weight is 323 g/mol. The Morgan fingerprint density at radius 1 is 1.29 bits per heavy atom. The minimum Gasteiger partial charge on any atom is -0.347 e. The normalized spacial score (nSPS) is 10.8. The molecule has 2 aromatic heterocycles. The van der Waals surface area contributed by atoms with Crippen LogP contribution in [0.15, 0.2) is 42.7 Å². The highest BCUT2D eigenvalue weighted by molar-refractivity contribution is 5.92. The van der Waals surface area contributed by atoms with Crippen LogP contribution in [0.5, 0.6) is 0 Å². The lowest BCUT2D eigenvalue weighted by Crippen LogP contribution is -2.23. The Morgan fingerprint density at radius 2 is 2.08 bits per heavy atom. The van der Waals surface area contributed by atoms with Gasteiger partial charge in [0.25, 0.3) is 5.91 Å². The first-order valence-electron chi connectivity index (χ1n) is 8.09. The van der Waals surface area contributed by atoms with E-state index in [0.717, 1.165) is 35.6 Å². The molecule has 0 fully saturated rings. The molecule has 0 radical (unpaired) electrons. The molecule has 6 heteroatoms. The number of imidazole rings is 1. The predicted octanol–water partition coefficient (Wildman–Crippen LogP) is 2.79. The van der Waals surface area contributed by atoms with Gasteiger partial charge in [-0.05, 0) is 37.1 Å². The maximum Gasteiger partial charge on any atom is 0.272 e. The number of hydrogen-bond donors (Lipinski definition) is 2. The highest BCUT2D eigenvalue weighted by Crippen LogP contribution is 2.12. The third kappa shape index (κ3) is 3.53. The number of nitrogens with zero attached hydrogens (tertiary/aromatic N) is 3. The van der Waals surface area contributed by atoms with Crippen LogP contribution >= 0.6 is 0 Å². The zero-order valence-corrected chi connectivity index (χ0v) is 13.9. The highest BCUT2D eigenvalue weighted by Gasteiger charge is 2.10. The van der Waals surface area contributed by atoms with Crippen LogP contribution in [-0.4, -0.2) is 25.7 Å². The molecule has 6 nitrogen and oxygen atoms in total. The number of carbonyl (C=O) groups excluding carboxylic acids is 1. The van der Waals surface area contributed by atoms with Crippen molar-refractivity contribution in [3.63, 3.8) is 0 Å². The number of hydrogen-bond acceptors (Lipinski definition) is 3. The molecule has 24 heavy (non-hydrogen) atoms. The van der Waals surface area contributed by atoms with Crippen LogP contribution in [0, 0.1) is 6.92 Å². The van der Waals surface area contributed by atoms with Gasteiger partial charge in [-0.15, -0.1) is 0 Å². The quantitative estimate of drug-likeness (QED) is 0.732. The molecule has 0 unspecified atom stereocenters. The summed E-state index contributed by atoms with van der Waals surface area (Å²) < 4.78 is 2.02. The lowest BCUT2D eigenvalue weighted by molar-refractivity contribution is 0.0946. The van der Waals surface area contributed by atoms with Crippen molar-refractivity contribution in [1.82, 2.24) is 25.1 Å². The molecule has 2 heterocycles. The standard InChI is InChI=1S/C18H21N5O/c1-3-4-15-11-17(22-21-15)18(24)20-12-14-5-7-16(8-6-14)23-10-9-19-13(23)2/h5-11H,3-4,12H2,1-2H3,(H,20,24)(H,21,22). The van der Waals surface area contributed by atoms with E-state index < -0.39 is 0 Å². The van der Waals surface area contributed by atoms with E-state index in [1.54, 1.807) is 6.20 Å². The highest BCUT2D eigenvalue weighted by atomic mass is 16.1. The number of H-pyrrole nitrogens is 1. The van der Waals surface area contributed by atoms with Gasteiger partial charge < -0.3 is 9.88 Å². The molecule has 0 aliphatic rings. The first-order valence-corrected chi connectivity index (χ1v) is 8.09. The Hall–Kier alpha value is -2.89. The first-order chi connectivity index (χ1) is 11.7. The van der Waals surface area contributed by atoms with Crippen LogP contribution in [0.3, 0.4) is 0 Å². The van der Waals surface area contributed by atoms with Crippen molar-refractivity contribution in [3.05, 3.63) is 65.5 Å². The molecule has 0 atom stereocenters. The second-order valence-electron chi connectivity index (χ2n) is 5.72. The zero-order chi connectivity index (χ0) is 16.9. The van der Waals surface area contributed by atoms with Gasteiger partial charge in [-0.25, -0.2) is 4.98 Å². The lowest BCUT2D eigenvalue weighted by atomic mass is 10.2. The van der Waals surface area contributed by atoms with Crippen molar-refractivity contribution in [2.45, 2.75) is 33.2 Å². The summed E-state index contributed by atoms with van der Waals surface area (Å²) in [6.07, 6.45) is 5.62. The number of aryl methyl sites for hydroxylation is 2.